The van der Waals surface area contributed by atoms with E-state index < -0.39 is 0 Å². The van der Waals surface area contributed by atoms with E-state index in [0.717, 1.165) is 18.4 Å². The molecule has 15 heavy (non-hydrogen) atoms. The first kappa shape index (κ1) is 12.4. The second kappa shape index (κ2) is 6.03. The number of allylic oxidation sites excluding steroid dienone is 1. The van der Waals surface area contributed by atoms with Crippen molar-refractivity contribution in [2.75, 3.05) is 7.05 Å². The first-order chi connectivity index (χ1) is 7.19. The molecule has 0 aromatic heterocycles. The Hall–Kier alpha value is -0.670. The van der Waals surface area contributed by atoms with Gasteiger partial charge in [0.2, 0.25) is 0 Å². The van der Waals surface area contributed by atoms with E-state index in [1.165, 1.54) is 0 Å². The van der Waals surface area contributed by atoms with Gasteiger partial charge in [-0.1, -0.05) is 12.1 Å². The van der Waals surface area contributed by atoms with E-state index >= 15 is 0 Å². The quantitative estimate of drug-likeness (QED) is 0.803. The van der Waals surface area contributed by atoms with Gasteiger partial charge >= 0.3 is 0 Å². The summed E-state index contributed by atoms with van der Waals surface area (Å²) in [6.45, 7) is 3.68. The van der Waals surface area contributed by atoms with Crippen LogP contribution in [0.15, 0.2) is 35.3 Å². The molecule has 3 heteroatoms. The third-order valence-electron chi connectivity index (χ3n) is 2.35. The third-order valence-corrected chi connectivity index (χ3v) is 3.00. The van der Waals surface area contributed by atoms with Crippen LogP contribution in [0.5, 0.6) is 0 Å². The molecule has 0 aliphatic rings. The molecular weight excluding hydrogens is 257 g/mol. The molecular formula is C12H15BrFN. The third kappa shape index (κ3) is 3.43. The predicted molar refractivity (Wildman–Crippen MR) is 65.3 cm³/mol. The van der Waals surface area contributed by atoms with Crippen LogP contribution in [0.1, 0.15) is 24.4 Å². The fourth-order valence-corrected chi connectivity index (χ4v) is 1.74. The van der Waals surface area contributed by atoms with Crippen molar-refractivity contribution >= 4 is 15.9 Å². The van der Waals surface area contributed by atoms with Gasteiger partial charge < -0.3 is 5.32 Å². The summed E-state index contributed by atoms with van der Waals surface area (Å²) in [5.41, 5.74) is 0.972. The van der Waals surface area contributed by atoms with E-state index in [-0.39, 0.29) is 11.9 Å². The average molecular weight is 272 g/mol. The van der Waals surface area contributed by atoms with Gasteiger partial charge in [-0.2, -0.15) is 0 Å². The largest absolute Gasteiger partial charge is 0.313 e. The highest BCUT2D eigenvalue weighted by Gasteiger charge is 2.10. The Balaban J connectivity index is 2.82. The molecule has 0 bridgehead atoms. The second-order valence-electron chi connectivity index (χ2n) is 3.38. The summed E-state index contributed by atoms with van der Waals surface area (Å²) < 4.78 is 13.8. The Morgan fingerprint density at radius 2 is 2.33 bits per heavy atom. The highest BCUT2D eigenvalue weighted by atomic mass is 79.9. The van der Waals surface area contributed by atoms with Crippen molar-refractivity contribution in [1.29, 1.82) is 0 Å². The first-order valence-electron chi connectivity index (χ1n) is 4.92. The van der Waals surface area contributed by atoms with Crippen LogP contribution < -0.4 is 5.32 Å². The molecule has 0 fully saturated rings. The number of hydrogen-bond donors (Lipinski definition) is 1. The van der Waals surface area contributed by atoms with Crippen LogP contribution in [0.3, 0.4) is 0 Å². The molecule has 1 rings (SSSR count). The SMILES string of the molecule is C=CCCC(NC)c1ccc(Br)c(F)c1. The summed E-state index contributed by atoms with van der Waals surface area (Å²) in [4.78, 5) is 0. The average Bonchev–Trinajstić information content (AvgIpc) is 2.24. The van der Waals surface area contributed by atoms with Crippen molar-refractivity contribution in [3.05, 3.63) is 46.7 Å². The highest BCUT2D eigenvalue weighted by Crippen LogP contribution is 2.23. The number of hydrogen-bond acceptors (Lipinski definition) is 1. The van der Waals surface area contributed by atoms with Gasteiger partial charge in [-0.25, -0.2) is 4.39 Å². The summed E-state index contributed by atoms with van der Waals surface area (Å²) in [7, 11) is 1.88. The molecule has 82 valence electrons. The lowest BCUT2D eigenvalue weighted by Gasteiger charge is -2.15. The van der Waals surface area contributed by atoms with Gasteiger partial charge in [0.25, 0.3) is 0 Å². The monoisotopic (exact) mass is 271 g/mol. The van der Waals surface area contributed by atoms with E-state index in [9.17, 15) is 4.39 Å². The summed E-state index contributed by atoms with van der Waals surface area (Å²) in [6.07, 6.45) is 3.73. The lowest BCUT2D eigenvalue weighted by Crippen LogP contribution is -2.16. The maximum Gasteiger partial charge on any atom is 0.137 e. The zero-order chi connectivity index (χ0) is 11.3. The van der Waals surface area contributed by atoms with Crippen molar-refractivity contribution in [3.8, 4) is 0 Å². The molecule has 0 heterocycles. The van der Waals surface area contributed by atoms with Crippen LogP contribution in [-0.2, 0) is 0 Å². The minimum absolute atomic E-state index is 0.186. The van der Waals surface area contributed by atoms with Crippen molar-refractivity contribution < 1.29 is 4.39 Å². The van der Waals surface area contributed by atoms with Gasteiger partial charge in [-0.3, -0.25) is 0 Å². The van der Waals surface area contributed by atoms with E-state index in [1.54, 1.807) is 12.1 Å². The normalized spacial score (nSPS) is 12.5. The van der Waals surface area contributed by atoms with Crippen molar-refractivity contribution in [3.63, 3.8) is 0 Å². The zero-order valence-corrected chi connectivity index (χ0v) is 10.3. The standard InChI is InChI=1S/C12H15BrFN/c1-3-4-5-12(15-2)9-6-7-10(13)11(14)8-9/h3,6-8,12,15H,1,4-5H2,2H3. The van der Waals surface area contributed by atoms with Crippen LogP contribution in [0, 0.1) is 5.82 Å². The number of benzene rings is 1. The summed E-state index contributed by atoms with van der Waals surface area (Å²) in [6, 6.07) is 5.42. The van der Waals surface area contributed by atoms with Gasteiger partial charge in [0.1, 0.15) is 5.82 Å². The maximum absolute atomic E-state index is 13.3. The first-order valence-corrected chi connectivity index (χ1v) is 5.71. The Labute approximate surface area is 98.5 Å². The molecule has 0 saturated carbocycles. The Morgan fingerprint density at radius 1 is 1.60 bits per heavy atom. The number of halogens is 2. The zero-order valence-electron chi connectivity index (χ0n) is 8.76. The van der Waals surface area contributed by atoms with Crippen LogP contribution in [0.4, 0.5) is 4.39 Å². The minimum Gasteiger partial charge on any atom is -0.313 e. The Kier molecular flexibility index (Phi) is 4.99. The van der Waals surface area contributed by atoms with Crippen LogP contribution in [0.25, 0.3) is 0 Å². The Bertz CT molecular complexity index is 338. The minimum atomic E-state index is -0.216. The Morgan fingerprint density at radius 3 is 2.87 bits per heavy atom. The van der Waals surface area contributed by atoms with Gasteiger partial charge in [-0.05, 0) is 53.5 Å². The van der Waals surface area contributed by atoms with Crippen molar-refractivity contribution in [2.45, 2.75) is 18.9 Å². The number of rotatable bonds is 5. The summed E-state index contributed by atoms with van der Waals surface area (Å²) in [5.74, 6) is -0.216. The van der Waals surface area contributed by atoms with Crippen molar-refractivity contribution in [1.82, 2.24) is 5.32 Å². The molecule has 1 N–H and O–H groups in total. The lowest BCUT2D eigenvalue weighted by atomic mass is 10.0. The smallest absolute Gasteiger partial charge is 0.137 e. The van der Waals surface area contributed by atoms with Crippen LogP contribution >= 0.6 is 15.9 Å². The highest BCUT2D eigenvalue weighted by molar-refractivity contribution is 9.10. The lowest BCUT2D eigenvalue weighted by molar-refractivity contribution is 0.546. The molecule has 0 aliphatic heterocycles. The van der Waals surface area contributed by atoms with Gasteiger partial charge in [0, 0.05) is 6.04 Å². The van der Waals surface area contributed by atoms with E-state index in [1.807, 2.05) is 19.2 Å². The van der Waals surface area contributed by atoms with Gasteiger partial charge in [-0.15, -0.1) is 6.58 Å². The molecule has 1 aromatic carbocycles. The summed E-state index contributed by atoms with van der Waals surface area (Å²) in [5, 5.41) is 3.17. The van der Waals surface area contributed by atoms with Gasteiger partial charge in [0.05, 0.1) is 4.47 Å². The molecule has 0 radical (unpaired) electrons. The topological polar surface area (TPSA) is 12.0 Å². The summed E-state index contributed by atoms with van der Waals surface area (Å²) >= 11 is 3.14. The predicted octanol–water partition coefficient (Wildman–Crippen LogP) is 3.81. The molecule has 1 atom stereocenters. The van der Waals surface area contributed by atoms with Crippen molar-refractivity contribution in [2.24, 2.45) is 0 Å². The van der Waals surface area contributed by atoms with E-state index in [2.05, 4.69) is 27.8 Å². The van der Waals surface area contributed by atoms with E-state index in [4.69, 9.17) is 0 Å². The second-order valence-corrected chi connectivity index (χ2v) is 4.24. The molecule has 1 aromatic rings. The van der Waals surface area contributed by atoms with Crippen LogP contribution in [0.2, 0.25) is 0 Å². The molecule has 1 unspecified atom stereocenters. The molecule has 0 aliphatic carbocycles. The fraction of sp³-hybridized carbons (Fsp3) is 0.333. The number of nitrogens with one attached hydrogen (secondary N) is 1. The van der Waals surface area contributed by atoms with Crippen LogP contribution in [-0.4, -0.2) is 7.05 Å². The maximum atomic E-state index is 13.3. The molecule has 1 nitrogen and oxygen atoms in total. The molecule has 0 amide bonds. The molecule has 0 saturated heterocycles. The van der Waals surface area contributed by atoms with E-state index in [0.29, 0.717) is 4.47 Å². The van der Waals surface area contributed by atoms with Gasteiger partial charge in [0.15, 0.2) is 0 Å². The molecule has 0 spiro atoms. The fourth-order valence-electron chi connectivity index (χ4n) is 1.49.